The quantitative estimate of drug-likeness (QED) is 0.458. The van der Waals surface area contributed by atoms with Crippen LogP contribution in [0.5, 0.6) is 0 Å². The van der Waals surface area contributed by atoms with E-state index in [2.05, 4.69) is 15.9 Å². The van der Waals surface area contributed by atoms with Crippen LogP contribution in [0.15, 0.2) is 83.3 Å². The van der Waals surface area contributed by atoms with E-state index in [9.17, 15) is 14.7 Å². The van der Waals surface area contributed by atoms with E-state index < -0.39 is 11.5 Å². The van der Waals surface area contributed by atoms with Gasteiger partial charge in [-0.3, -0.25) is 9.59 Å². The lowest BCUT2D eigenvalue weighted by Crippen LogP contribution is -2.41. The number of carbonyl (C=O) groups is 2. The van der Waals surface area contributed by atoms with Crippen LogP contribution in [0, 0.1) is 0 Å². The van der Waals surface area contributed by atoms with Crippen LogP contribution in [-0.4, -0.2) is 16.8 Å². The number of fused-ring (bicyclic) bond motifs is 1. The lowest BCUT2D eigenvalue weighted by Gasteiger charge is -2.22. The zero-order valence-corrected chi connectivity index (χ0v) is 18.8. The Labute approximate surface area is 193 Å². The fourth-order valence-corrected chi connectivity index (χ4v) is 4.27. The SMILES string of the molecule is O=C(/C=C/c1ccccc1)CC1(O)C(=O)N(Cc2ccccc2Cl)c2ccc(Br)cc21. The van der Waals surface area contributed by atoms with Crippen molar-refractivity contribution in [3.05, 3.63) is 105 Å². The maximum Gasteiger partial charge on any atom is 0.264 e. The summed E-state index contributed by atoms with van der Waals surface area (Å²) in [5, 5.41) is 12.0. The number of carbonyl (C=O) groups excluding carboxylic acids is 2. The minimum atomic E-state index is -1.95. The molecule has 1 aliphatic rings. The molecular weight excluding hydrogens is 478 g/mol. The Morgan fingerprint density at radius 1 is 1.06 bits per heavy atom. The van der Waals surface area contributed by atoms with Gasteiger partial charge in [0.2, 0.25) is 0 Å². The van der Waals surface area contributed by atoms with E-state index in [1.807, 2.05) is 48.5 Å². The van der Waals surface area contributed by atoms with Gasteiger partial charge in [0.25, 0.3) is 5.91 Å². The predicted molar refractivity (Wildman–Crippen MR) is 126 cm³/mol. The molecule has 156 valence electrons. The van der Waals surface area contributed by atoms with Crippen LogP contribution in [0.4, 0.5) is 5.69 Å². The van der Waals surface area contributed by atoms with Crippen molar-refractivity contribution >= 4 is 51.0 Å². The van der Waals surface area contributed by atoms with Crippen molar-refractivity contribution in [2.45, 2.75) is 18.6 Å². The van der Waals surface area contributed by atoms with Crippen molar-refractivity contribution < 1.29 is 14.7 Å². The standard InChI is InChI=1S/C25H19BrClNO3/c26-19-11-13-23-21(14-19)25(31,15-20(29)12-10-17-6-2-1-3-7-17)24(30)28(23)16-18-8-4-5-9-22(18)27/h1-14,31H,15-16H2/b12-10+. The molecule has 0 aromatic heterocycles. The van der Waals surface area contributed by atoms with Gasteiger partial charge in [-0.1, -0.05) is 82.1 Å². The maximum atomic E-state index is 13.4. The number of hydrogen-bond acceptors (Lipinski definition) is 3. The van der Waals surface area contributed by atoms with Gasteiger partial charge in [-0.05, 0) is 41.5 Å². The van der Waals surface area contributed by atoms with Gasteiger partial charge in [-0.15, -0.1) is 0 Å². The highest BCUT2D eigenvalue weighted by Gasteiger charge is 2.50. The fourth-order valence-electron chi connectivity index (χ4n) is 3.71. The molecular formula is C25H19BrClNO3. The highest BCUT2D eigenvalue weighted by molar-refractivity contribution is 9.10. The smallest absolute Gasteiger partial charge is 0.264 e. The van der Waals surface area contributed by atoms with Crippen LogP contribution >= 0.6 is 27.5 Å². The minimum absolute atomic E-state index is 0.198. The number of ketones is 1. The molecule has 0 saturated carbocycles. The monoisotopic (exact) mass is 495 g/mol. The number of amides is 1. The third-order valence-electron chi connectivity index (χ3n) is 5.27. The molecule has 0 aliphatic carbocycles. The van der Waals surface area contributed by atoms with Crippen LogP contribution in [-0.2, 0) is 21.7 Å². The number of anilines is 1. The lowest BCUT2D eigenvalue weighted by atomic mass is 9.89. The summed E-state index contributed by atoms with van der Waals surface area (Å²) in [5.41, 5.74) is 0.643. The van der Waals surface area contributed by atoms with Crippen molar-refractivity contribution in [3.8, 4) is 0 Å². The van der Waals surface area contributed by atoms with Gasteiger partial charge in [0.05, 0.1) is 18.7 Å². The first kappa shape index (κ1) is 21.5. The highest BCUT2D eigenvalue weighted by Crippen LogP contribution is 2.44. The molecule has 1 heterocycles. The van der Waals surface area contributed by atoms with E-state index >= 15 is 0 Å². The van der Waals surface area contributed by atoms with E-state index in [1.54, 1.807) is 30.3 Å². The van der Waals surface area contributed by atoms with Crippen molar-refractivity contribution in [1.29, 1.82) is 0 Å². The summed E-state index contributed by atoms with van der Waals surface area (Å²) in [6.45, 7) is 0.198. The first-order valence-electron chi connectivity index (χ1n) is 9.72. The summed E-state index contributed by atoms with van der Waals surface area (Å²) in [4.78, 5) is 27.5. The zero-order valence-electron chi connectivity index (χ0n) is 16.5. The molecule has 4 rings (SSSR count). The molecule has 0 fully saturated rings. The van der Waals surface area contributed by atoms with Crippen LogP contribution in [0.1, 0.15) is 23.1 Å². The van der Waals surface area contributed by atoms with Gasteiger partial charge >= 0.3 is 0 Å². The van der Waals surface area contributed by atoms with E-state index in [-0.39, 0.29) is 18.7 Å². The molecule has 3 aromatic carbocycles. The number of benzene rings is 3. The summed E-state index contributed by atoms with van der Waals surface area (Å²) >= 11 is 9.69. The molecule has 1 amide bonds. The van der Waals surface area contributed by atoms with E-state index in [1.165, 1.54) is 11.0 Å². The highest BCUT2D eigenvalue weighted by atomic mass is 79.9. The van der Waals surface area contributed by atoms with Crippen LogP contribution in [0.3, 0.4) is 0 Å². The second-order valence-electron chi connectivity index (χ2n) is 7.39. The Bertz CT molecular complexity index is 1180. The Balaban J connectivity index is 1.65. The normalized spacial score (nSPS) is 17.9. The molecule has 3 aromatic rings. The third kappa shape index (κ3) is 4.35. The molecule has 31 heavy (non-hydrogen) atoms. The van der Waals surface area contributed by atoms with Gasteiger partial charge in [0.1, 0.15) is 0 Å². The van der Waals surface area contributed by atoms with Crippen LogP contribution in [0.2, 0.25) is 5.02 Å². The maximum absolute atomic E-state index is 13.4. The molecule has 0 radical (unpaired) electrons. The first-order valence-corrected chi connectivity index (χ1v) is 10.9. The Kier molecular flexibility index (Phi) is 6.10. The Hall–Kier alpha value is -2.73. The Morgan fingerprint density at radius 3 is 2.52 bits per heavy atom. The second-order valence-corrected chi connectivity index (χ2v) is 8.71. The van der Waals surface area contributed by atoms with Gasteiger partial charge in [-0.2, -0.15) is 0 Å². The molecule has 0 saturated heterocycles. The predicted octanol–water partition coefficient (Wildman–Crippen LogP) is 5.51. The molecule has 1 N–H and O–H groups in total. The number of halogens is 2. The average molecular weight is 497 g/mol. The number of rotatable bonds is 6. The topological polar surface area (TPSA) is 57.6 Å². The second kappa shape index (κ2) is 8.79. The van der Waals surface area contributed by atoms with Crippen molar-refractivity contribution in [2.75, 3.05) is 4.90 Å². The summed E-state index contributed by atoms with van der Waals surface area (Å²) in [5.74, 6) is -0.882. The summed E-state index contributed by atoms with van der Waals surface area (Å²) in [6, 6.07) is 21.9. The summed E-state index contributed by atoms with van der Waals surface area (Å²) in [7, 11) is 0. The Morgan fingerprint density at radius 2 is 1.77 bits per heavy atom. The van der Waals surface area contributed by atoms with E-state index in [0.717, 1.165) is 11.1 Å². The first-order chi connectivity index (χ1) is 14.9. The molecule has 4 nitrogen and oxygen atoms in total. The largest absolute Gasteiger partial charge is 0.375 e. The fraction of sp³-hybridized carbons (Fsp3) is 0.120. The van der Waals surface area contributed by atoms with Gasteiger partial charge in [0.15, 0.2) is 11.4 Å². The molecule has 0 bridgehead atoms. The third-order valence-corrected chi connectivity index (χ3v) is 6.13. The van der Waals surface area contributed by atoms with Crippen molar-refractivity contribution in [3.63, 3.8) is 0 Å². The lowest BCUT2D eigenvalue weighted by molar-refractivity contribution is -0.140. The van der Waals surface area contributed by atoms with E-state index in [0.29, 0.717) is 20.7 Å². The van der Waals surface area contributed by atoms with Gasteiger partial charge in [0, 0.05) is 15.1 Å². The average Bonchev–Trinajstić information content (AvgIpc) is 2.96. The molecule has 1 unspecified atom stereocenters. The molecule has 1 aliphatic heterocycles. The summed E-state index contributed by atoms with van der Waals surface area (Å²) in [6.07, 6.45) is 2.72. The van der Waals surface area contributed by atoms with Gasteiger partial charge < -0.3 is 10.0 Å². The zero-order chi connectivity index (χ0) is 22.0. The molecule has 0 spiro atoms. The number of allylic oxidation sites excluding steroid dienone is 1. The van der Waals surface area contributed by atoms with Crippen molar-refractivity contribution in [2.24, 2.45) is 0 Å². The number of hydrogen-bond donors (Lipinski definition) is 1. The van der Waals surface area contributed by atoms with Crippen LogP contribution < -0.4 is 4.90 Å². The van der Waals surface area contributed by atoms with Crippen LogP contribution in [0.25, 0.3) is 6.08 Å². The van der Waals surface area contributed by atoms with E-state index in [4.69, 9.17) is 11.6 Å². The van der Waals surface area contributed by atoms with Crippen molar-refractivity contribution in [1.82, 2.24) is 0 Å². The number of nitrogens with zero attached hydrogens (tertiary/aromatic N) is 1. The molecule has 1 atom stereocenters. The minimum Gasteiger partial charge on any atom is -0.375 e. The summed E-state index contributed by atoms with van der Waals surface area (Å²) < 4.78 is 0.712. The molecule has 6 heteroatoms. The van der Waals surface area contributed by atoms with Gasteiger partial charge in [-0.25, -0.2) is 0 Å². The number of aliphatic hydroxyl groups is 1.